The van der Waals surface area contributed by atoms with Crippen molar-refractivity contribution < 1.29 is 19.4 Å². The summed E-state index contributed by atoms with van der Waals surface area (Å²) in [6, 6.07) is 20.9. The SMILES string of the molecule is COc1cc(Br)cc(C=NNC(=O)C(=Cc2ccccc2)NC(=O)c2ccccc2)c1O. The number of nitrogens with zero attached hydrogens (tertiary/aromatic N) is 1. The Morgan fingerprint density at radius 2 is 1.69 bits per heavy atom. The summed E-state index contributed by atoms with van der Waals surface area (Å²) < 4.78 is 5.77. The predicted octanol–water partition coefficient (Wildman–Crippen LogP) is 4.08. The van der Waals surface area contributed by atoms with Crippen LogP contribution in [0.3, 0.4) is 0 Å². The van der Waals surface area contributed by atoms with Crippen molar-refractivity contribution in [3.63, 3.8) is 0 Å². The third-order valence-corrected chi connectivity index (χ3v) is 4.76. The lowest BCUT2D eigenvalue weighted by atomic mass is 10.1. The van der Waals surface area contributed by atoms with Gasteiger partial charge in [0.05, 0.1) is 13.3 Å². The molecule has 3 aromatic carbocycles. The maximum atomic E-state index is 12.8. The minimum Gasteiger partial charge on any atom is -0.504 e. The fourth-order valence-corrected chi connectivity index (χ4v) is 3.18. The summed E-state index contributed by atoms with van der Waals surface area (Å²) in [4.78, 5) is 25.4. The highest BCUT2D eigenvalue weighted by Gasteiger charge is 2.14. The molecule has 162 valence electrons. The number of methoxy groups -OCH3 is 1. The van der Waals surface area contributed by atoms with Crippen LogP contribution >= 0.6 is 15.9 Å². The Hall–Kier alpha value is -3.91. The highest BCUT2D eigenvalue weighted by molar-refractivity contribution is 9.10. The molecular weight excluding hydrogens is 474 g/mol. The van der Waals surface area contributed by atoms with Crippen molar-refractivity contribution >= 4 is 40.0 Å². The number of amides is 2. The van der Waals surface area contributed by atoms with E-state index in [1.54, 1.807) is 60.7 Å². The number of hydrogen-bond acceptors (Lipinski definition) is 5. The highest BCUT2D eigenvalue weighted by atomic mass is 79.9. The minimum absolute atomic E-state index is 0.0123. The van der Waals surface area contributed by atoms with E-state index < -0.39 is 11.8 Å². The Morgan fingerprint density at radius 1 is 1.03 bits per heavy atom. The number of carbonyl (C=O) groups is 2. The highest BCUT2D eigenvalue weighted by Crippen LogP contribution is 2.32. The molecule has 0 unspecified atom stereocenters. The van der Waals surface area contributed by atoms with Crippen LogP contribution in [0.2, 0.25) is 0 Å². The number of nitrogens with one attached hydrogen (secondary N) is 2. The molecule has 0 spiro atoms. The van der Waals surface area contributed by atoms with E-state index >= 15 is 0 Å². The topological polar surface area (TPSA) is 100 Å². The Labute approximate surface area is 193 Å². The van der Waals surface area contributed by atoms with E-state index in [0.29, 0.717) is 15.6 Å². The van der Waals surface area contributed by atoms with E-state index in [4.69, 9.17) is 4.74 Å². The number of rotatable bonds is 7. The van der Waals surface area contributed by atoms with Crippen LogP contribution in [0.25, 0.3) is 6.08 Å². The summed E-state index contributed by atoms with van der Waals surface area (Å²) in [6.45, 7) is 0. The standard InChI is InChI=1S/C24H20BrN3O4/c1-32-21-14-19(25)13-18(22(21)29)15-26-28-24(31)20(12-16-8-4-2-5-9-16)27-23(30)17-10-6-3-7-11-17/h2-15,29H,1H3,(H,27,30)(H,28,31). The number of carbonyl (C=O) groups excluding carboxylic acids is 2. The lowest BCUT2D eigenvalue weighted by Gasteiger charge is -2.09. The van der Waals surface area contributed by atoms with Gasteiger partial charge in [-0.2, -0.15) is 5.10 Å². The maximum absolute atomic E-state index is 12.8. The number of phenolic OH excluding ortho intramolecular Hbond substituents is 1. The van der Waals surface area contributed by atoms with Crippen molar-refractivity contribution in [1.29, 1.82) is 0 Å². The van der Waals surface area contributed by atoms with Gasteiger partial charge in [-0.1, -0.05) is 64.5 Å². The lowest BCUT2D eigenvalue weighted by Crippen LogP contribution is -2.32. The van der Waals surface area contributed by atoms with E-state index in [1.165, 1.54) is 13.3 Å². The maximum Gasteiger partial charge on any atom is 0.287 e. The van der Waals surface area contributed by atoms with Crippen LogP contribution < -0.4 is 15.5 Å². The number of benzene rings is 3. The molecule has 0 aliphatic carbocycles. The molecule has 0 heterocycles. The van der Waals surface area contributed by atoms with Crippen LogP contribution in [-0.4, -0.2) is 30.2 Å². The first-order valence-corrected chi connectivity index (χ1v) is 10.3. The molecule has 3 N–H and O–H groups in total. The number of ether oxygens (including phenoxy) is 1. The molecule has 0 saturated carbocycles. The van der Waals surface area contributed by atoms with Crippen molar-refractivity contribution in [2.75, 3.05) is 7.11 Å². The zero-order valence-electron chi connectivity index (χ0n) is 17.1. The van der Waals surface area contributed by atoms with Crippen LogP contribution in [0.5, 0.6) is 11.5 Å². The molecule has 0 saturated heterocycles. The second-order valence-electron chi connectivity index (χ2n) is 6.53. The normalized spacial score (nSPS) is 11.2. The molecule has 8 heteroatoms. The summed E-state index contributed by atoms with van der Waals surface area (Å²) in [6.07, 6.45) is 2.82. The molecule has 0 atom stereocenters. The molecule has 32 heavy (non-hydrogen) atoms. The van der Waals surface area contributed by atoms with Gasteiger partial charge in [-0.25, -0.2) is 5.43 Å². The first-order chi connectivity index (χ1) is 15.5. The smallest absolute Gasteiger partial charge is 0.287 e. The molecule has 3 rings (SSSR count). The molecule has 0 radical (unpaired) electrons. The largest absolute Gasteiger partial charge is 0.504 e. The average molecular weight is 494 g/mol. The number of hydrazone groups is 1. The number of aromatic hydroxyl groups is 1. The van der Waals surface area contributed by atoms with Crippen molar-refractivity contribution in [2.45, 2.75) is 0 Å². The molecule has 0 aliphatic heterocycles. The zero-order valence-corrected chi connectivity index (χ0v) is 18.7. The third-order valence-electron chi connectivity index (χ3n) is 4.30. The Kier molecular flexibility index (Phi) is 7.77. The summed E-state index contributed by atoms with van der Waals surface area (Å²) in [5.74, 6) is -0.921. The van der Waals surface area contributed by atoms with Gasteiger partial charge in [0.1, 0.15) is 5.70 Å². The zero-order chi connectivity index (χ0) is 22.9. The summed E-state index contributed by atoms with van der Waals surface area (Å²) >= 11 is 3.32. The second kappa shape index (κ2) is 10.9. The average Bonchev–Trinajstić information content (AvgIpc) is 2.81. The van der Waals surface area contributed by atoms with Crippen molar-refractivity contribution in [3.05, 3.63) is 99.7 Å². The molecule has 0 fully saturated rings. The van der Waals surface area contributed by atoms with E-state index in [1.807, 2.05) is 18.2 Å². The first-order valence-electron chi connectivity index (χ1n) is 9.51. The monoisotopic (exact) mass is 493 g/mol. The van der Waals surface area contributed by atoms with E-state index in [9.17, 15) is 14.7 Å². The second-order valence-corrected chi connectivity index (χ2v) is 7.45. The van der Waals surface area contributed by atoms with E-state index in [-0.39, 0.29) is 17.2 Å². The molecule has 3 aromatic rings. The van der Waals surface area contributed by atoms with Gasteiger partial charge in [-0.05, 0) is 35.9 Å². The Morgan fingerprint density at radius 3 is 2.34 bits per heavy atom. The van der Waals surface area contributed by atoms with Gasteiger partial charge in [0, 0.05) is 15.6 Å². The van der Waals surface area contributed by atoms with Crippen LogP contribution in [0.15, 0.2) is 88.1 Å². The molecule has 2 amide bonds. The molecule has 0 bridgehead atoms. The Balaban J connectivity index is 1.81. The van der Waals surface area contributed by atoms with Gasteiger partial charge in [0.2, 0.25) is 0 Å². The van der Waals surface area contributed by atoms with Crippen LogP contribution in [0.4, 0.5) is 0 Å². The molecule has 7 nitrogen and oxygen atoms in total. The fraction of sp³-hybridized carbons (Fsp3) is 0.0417. The van der Waals surface area contributed by atoms with E-state index in [0.717, 1.165) is 5.56 Å². The van der Waals surface area contributed by atoms with Gasteiger partial charge in [0.15, 0.2) is 11.5 Å². The van der Waals surface area contributed by atoms with E-state index in [2.05, 4.69) is 31.8 Å². The predicted molar refractivity (Wildman–Crippen MR) is 126 cm³/mol. The van der Waals surface area contributed by atoms with Gasteiger partial charge in [0.25, 0.3) is 11.8 Å². The number of phenols is 1. The summed E-state index contributed by atoms with van der Waals surface area (Å²) in [5.41, 5.74) is 3.85. The van der Waals surface area contributed by atoms with Crippen LogP contribution in [0, 0.1) is 0 Å². The van der Waals surface area contributed by atoms with Crippen molar-refractivity contribution in [2.24, 2.45) is 5.10 Å². The van der Waals surface area contributed by atoms with Gasteiger partial charge >= 0.3 is 0 Å². The minimum atomic E-state index is -0.629. The first kappa shape index (κ1) is 22.8. The molecule has 0 aromatic heterocycles. The number of hydrogen-bond donors (Lipinski definition) is 3. The van der Waals surface area contributed by atoms with Crippen LogP contribution in [-0.2, 0) is 4.79 Å². The summed E-state index contributed by atoms with van der Waals surface area (Å²) in [5, 5.41) is 16.7. The number of halogens is 1. The van der Waals surface area contributed by atoms with Crippen molar-refractivity contribution in [1.82, 2.24) is 10.7 Å². The molecular formula is C24H20BrN3O4. The Bertz CT molecular complexity index is 1160. The molecule has 0 aliphatic rings. The summed E-state index contributed by atoms with van der Waals surface area (Å²) in [7, 11) is 1.43. The van der Waals surface area contributed by atoms with Gasteiger partial charge in [-0.3, -0.25) is 9.59 Å². The third kappa shape index (κ3) is 6.05. The lowest BCUT2D eigenvalue weighted by molar-refractivity contribution is -0.117. The fourth-order valence-electron chi connectivity index (χ4n) is 2.73. The quantitative estimate of drug-likeness (QED) is 0.262. The van der Waals surface area contributed by atoms with Gasteiger partial charge in [-0.15, -0.1) is 0 Å². The van der Waals surface area contributed by atoms with Gasteiger partial charge < -0.3 is 15.2 Å². The van der Waals surface area contributed by atoms with Crippen molar-refractivity contribution in [3.8, 4) is 11.5 Å². The van der Waals surface area contributed by atoms with Crippen LogP contribution in [0.1, 0.15) is 21.5 Å².